The Balaban J connectivity index is 2.15. The van der Waals surface area contributed by atoms with Crippen LogP contribution in [-0.4, -0.2) is 33.3 Å². The van der Waals surface area contributed by atoms with Gasteiger partial charge in [-0.25, -0.2) is 0 Å². The van der Waals surface area contributed by atoms with Crippen LogP contribution in [0, 0.1) is 7.05 Å². The maximum Gasteiger partial charge on any atom is 0.142 e. The molecule has 15 heavy (non-hydrogen) atoms. The Kier molecular flexibility index (Phi) is 3.11. The van der Waals surface area contributed by atoms with E-state index in [4.69, 9.17) is 4.74 Å². The van der Waals surface area contributed by atoms with E-state index in [0.29, 0.717) is 0 Å². The summed E-state index contributed by atoms with van der Waals surface area (Å²) in [5, 5.41) is 0. The van der Waals surface area contributed by atoms with Crippen molar-refractivity contribution in [1.82, 2.24) is 0 Å². The van der Waals surface area contributed by atoms with Crippen molar-refractivity contribution in [2.24, 2.45) is 0 Å². The zero-order chi connectivity index (χ0) is 10.7. The molecule has 1 fully saturated rings. The van der Waals surface area contributed by atoms with Crippen LogP contribution in [0.1, 0.15) is 0 Å². The molecule has 1 saturated heterocycles. The van der Waals surface area contributed by atoms with Crippen molar-refractivity contribution in [2.45, 2.75) is 0 Å². The van der Waals surface area contributed by atoms with Crippen molar-refractivity contribution in [2.75, 3.05) is 38.2 Å². The summed E-state index contributed by atoms with van der Waals surface area (Å²) in [4.78, 5) is 3.73. The third-order valence-electron chi connectivity index (χ3n) is 2.90. The minimum atomic E-state index is 0.963. The maximum atomic E-state index is 5.36. The minimum absolute atomic E-state index is 0.963. The van der Waals surface area contributed by atoms with Gasteiger partial charge in [-0.05, 0) is 12.1 Å². The molecule has 0 saturated carbocycles. The number of methoxy groups -OCH3 is 1. The molecule has 0 aliphatic carbocycles. The fourth-order valence-corrected chi connectivity index (χ4v) is 1.95. The number of hydrogen-bond acceptors (Lipinski definition) is 2. The smallest absolute Gasteiger partial charge is 0.142 e. The first kappa shape index (κ1) is 10.3. The minimum Gasteiger partial charge on any atom is -0.495 e. The molecule has 1 aliphatic rings. The number of nitrogens with zero attached hydrogens (tertiary/aromatic N) is 1. The Labute approximate surface area is 91.2 Å². The molecule has 0 radical (unpaired) electrons. The third kappa shape index (κ3) is 2.23. The van der Waals surface area contributed by atoms with Gasteiger partial charge in [0.15, 0.2) is 0 Å². The molecule has 0 amide bonds. The fourth-order valence-electron chi connectivity index (χ4n) is 1.95. The van der Waals surface area contributed by atoms with Crippen LogP contribution >= 0.6 is 0 Å². The Bertz CT molecular complexity index is 319. The normalized spacial score (nSPS) is 17.9. The van der Waals surface area contributed by atoms with Crippen LogP contribution in [0.2, 0.25) is 0 Å². The molecule has 3 heteroatoms. The Morgan fingerprint density at radius 2 is 1.93 bits per heavy atom. The van der Waals surface area contributed by atoms with Crippen LogP contribution in [0.15, 0.2) is 24.3 Å². The summed E-state index contributed by atoms with van der Waals surface area (Å²) in [6, 6.07) is 8.19. The van der Waals surface area contributed by atoms with Gasteiger partial charge in [-0.1, -0.05) is 12.1 Å². The van der Waals surface area contributed by atoms with Crippen molar-refractivity contribution in [1.29, 1.82) is 0 Å². The molecule has 1 aliphatic heterocycles. The van der Waals surface area contributed by atoms with E-state index in [1.807, 2.05) is 12.1 Å². The van der Waals surface area contributed by atoms with Gasteiger partial charge < -0.3 is 14.5 Å². The molecular formula is C12H18N2O. The van der Waals surface area contributed by atoms with Gasteiger partial charge in [-0.3, -0.25) is 0 Å². The molecule has 1 aromatic carbocycles. The second-order valence-corrected chi connectivity index (χ2v) is 3.91. The molecule has 1 N–H and O–H groups in total. The summed E-state index contributed by atoms with van der Waals surface area (Å²) in [6.45, 7) is 4.30. The number of benzene rings is 1. The molecule has 0 atom stereocenters. The van der Waals surface area contributed by atoms with E-state index in [1.165, 1.54) is 10.6 Å². The number of quaternary nitrogens is 1. The van der Waals surface area contributed by atoms with Crippen LogP contribution in [0.25, 0.3) is 0 Å². The lowest BCUT2D eigenvalue weighted by molar-refractivity contribution is -0.854. The number of anilines is 1. The molecular weight excluding hydrogens is 188 g/mol. The van der Waals surface area contributed by atoms with E-state index in [2.05, 4.69) is 24.1 Å². The van der Waals surface area contributed by atoms with E-state index in [1.54, 1.807) is 7.11 Å². The van der Waals surface area contributed by atoms with Crippen LogP contribution in [-0.2, 0) is 0 Å². The third-order valence-corrected chi connectivity index (χ3v) is 2.90. The Hall–Kier alpha value is -1.22. The van der Waals surface area contributed by atoms with Crippen LogP contribution in [0.3, 0.4) is 0 Å². The van der Waals surface area contributed by atoms with Crippen molar-refractivity contribution in [3.8, 4) is 5.75 Å². The lowest BCUT2D eigenvalue weighted by Gasteiger charge is -2.35. The number of piperazine rings is 1. The predicted octanol–water partition coefficient (Wildman–Crippen LogP) is 0.192. The van der Waals surface area contributed by atoms with Crippen LogP contribution < -0.4 is 14.5 Å². The largest absolute Gasteiger partial charge is 0.495 e. The summed E-state index contributed by atoms with van der Waals surface area (Å²) in [5.74, 6) is 0.963. The number of nitrogens with one attached hydrogen (secondary N) is 1. The molecule has 0 aromatic heterocycles. The first-order chi connectivity index (χ1) is 7.31. The van der Waals surface area contributed by atoms with Gasteiger partial charge in [0.2, 0.25) is 0 Å². The number of hydrogen-bond donors (Lipinski definition) is 1. The van der Waals surface area contributed by atoms with Crippen molar-refractivity contribution >= 4 is 5.69 Å². The Morgan fingerprint density at radius 3 is 2.60 bits per heavy atom. The van der Waals surface area contributed by atoms with Gasteiger partial charge in [0.1, 0.15) is 5.75 Å². The molecule has 1 heterocycles. The summed E-state index contributed by atoms with van der Waals surface area (Å²) in [5.41, 5.74) is 1.20. The molecule has 3 nitrogen and oxygen atoms in total. The number of rotatable bonds is 2. The molecule has 0 unspecified atom stereocenters. The average molecular weight is 206 g/mol. The lowest BCUT2D eigenvalue weighted by Crippen LogP contribution is -3.10. The average Bonchev–Trinajstić information content (AvgIpc) is 2.30. The van der Waals surface area contributed by atoms with E-state index in [0.717, 1.165) is 31.9 Å². The molecule has 2 rings (SSSR count). The van der Waals surface area contributed by atoms with Gasteiger partial charge in [0.25, 0.3) is 0 Å². The number of para-hydroxylation sites is 2. The van der Waals surface area contributed by atoms with E-state index in [9.17, 15) is 0 Å². The van der Waals surface area contributed by atoms with Gasteiger partial charge >= 0.3 is 0 Å². The standard InChI is InChI=1S/C12H18N2O/c1-13-7-9-14(10-8-13)11-5-3-4-6-12(11)15-2/h3-6,13H,1,7-10H2,2H3. The second-order valence-electron chi connectivity index (χ2n) is 3.91. The van der Waals surface area contributed by atoms with Gasteiger partial charge in [0.05, 0.1) is 39.0 Å². The highest BCUT2D eigenvalue weighted by Gasteiger charge is 2.16. The quantitative estimate of drug-likeness (QED) is 0.696. The number of ether oxygens (including phenoxy) is 1. The molecule has 0 spiro atoms. The zero-order valence-corrected chi connectivity index (χ0v) is 9.20. The van der Waals surface area contributed by atoms with Crippen molar-refractivity contribution in [3.05, 3.63) is 31.3 Å². The summed E-state index contributed by atoms with van der Waals surface area (Å²) in [6.07, 6.45) is 0. The second kappa shape index (κ2) is 4.53. The highest BCUT2D eigenvalue weighted by atomic mass is 16.5. The van der Waals surface area contributed by atoms with Crippen LogP contribution in [0.4, 0.5) is 5.69 Å². The predicted molar refractivity (Wildman–Crippen MR) is 61.3 cm³/mol. The molecule has 1 aromatic rings. The summed E-state index contributed by atoms with van der Waals surface area (Å²) in [7, 11) is 5.75. The van der Waals surface area contributed by atoms with Gasteiger partial charge in [-0.15, -0.1) is 0 Å². The van der Waals surface area contributed by atoms with Gasteiger partial charge in [-0.2, -0.15) is 7.05 Å². The summed E-state index contributed by atoms with van der Waals surface area (Å²) < 4.78 is 5.36. The van der Waals surface area contributed by atoms with E-state index >= 15 is 0 Å². The highest BCUT2D eigenvalue weighted by molar-refractivity contribution is 5.58. The van der Waals surface area contributed by atoms with Crippen LogP contribution in [0.5, 0.6) is 5.75 Å². The Morgan fingerprint density at radius 1 is 1.27 bits per heavy atom. The SMILES string of the molecule is [CH2-][NH+]1CCN(c2ccccc2OC)CC1. The van der Waals surface area contributed by atoms with E-state index < -0.39 is 0 Å². The lowest BCUT2D eigenvalue weighted by atomic mass is 10.2. The maximum absolute atomic E-state index is 5.36. The zero-order valence-electron chi connectivity index (χ0n) is 9.20. The van der Waals surface area contributed by atoms with E-state index in [-0.39, 0.29) is 0 Å². The fraction of sp³-hybridized carbons (Fsp3) is 0.417. The van der Waals surface area contributed by atoms with Crippen molar-refractivity contribution in [3.63, 3.8) is 0 Å². The first-order valence-corrected chi connectivity index (χ1v) is 5.36. The topological polar surface area (TPSA) is 16.9 Å². The van der Waals surface area contributed by atoms with Crippen molar-refractivity contribution < 1.29 is 9.64 Å². The van der Waals surface area contributed by atoms with Gasteiger partial charge in [0, 0.05) is 0 Å². The first-order valence-electron chi connectivity index (χ1n) is 5.36. The summed E-state index contributed by atoms with van der Waals surface area (Å²) >= 11 is 0. The monoisotopic (exact) mass is 206 g/mol. The molecule has 0 bridgehead atoms. The highest BCUT2D eigenvalue weighted by Crippen LogP contribution is 2.27. The molecule has 82 valence electrons.